The smallest absolute Gasteiger partial charge is 0.0388 e. The van der Waals surface area contributed by atoms with Gasteiger partial charge in [0.15, 0.2) is 0 Å². The van der Waals surface area contributed by atoms with Crippen molar-refractivity contribution in [3.63, 3.8) is 0 Å². The summed E-state index contributed by atoms with van der Waals surface area (Å²) in [5.74, 6) is 0. The van der Waals surface area contributed by atoms with E-state index in [0.29, 0.717) is 6.04 Å². The van der Waals surface area contributed by atoms with Crippen LogP contribution in [0.5, 0.6) is 0 Å². The molecule has 0 amide bonds. The van der Waals surface area contributed by atoms with Gasteiger partial charge in [0, 0.05) is 22.3 Å². The van der Waals surface area contributed by atoms with E-state index in [4.69, 9.17) is 0 Å². The number of aryl methyl sites for hydroxylation is 2. The van der Waals surface area contributed by atoms with Crippen molar-refractivity contribution in [2.75, 3.05) is 0 Å². The molecular formula is C16H21NS. The summed E-state index contributed by atoms with van der Waals surface area (Å²) in [6.45, 7) is 7.51. The average Bonchev–Trinajstić information content (AvgIpc) is 2.83. The van der Waals surface area contributed by atoms with E-state index in [0.717, 1.165) is 13.0 Å². The van der Waals surface area contributed by atoms with Crippen molar-refractivity contribution < 1.29 is 0 Å². The first kappa shape index (κ1) is 13.3. The van der Waals surface area contributed by atoms with Gasteiger partial charge in [-0.2, -0.15) is 0 Å². The molecule has 0 radical (unpaired) electrons. The van der Waals surface area contributed by atoms with E-state index in [2.05, 4.69) is 62.5 Å². The normalized spacial score (nSPS) is 12.6. The number of rotatable bonds is 5. The standard InChI is InChI=1S/C16H21NS/c1-4-14-6-8-15(9-7-14)11-17-13(3)16-10-5-12(2)18-16/h5-10,13,17H,4,11H2,1-3H3. The maximum atomic E-state index is 3.58. The fourth-order valence-electron chi connectivity index (χ4n) is 1.95. The van der Waals surface area contributed by atoms with Crippen LogP contribution in [0.2, 0.25) is 0 Å². The molecule has 0 aliphatic rings. The molecule has 96 valence electrons. The molecule has 0 saturated heterocycles. The Kier molecular flexibility index (Phi) is 4.56. The highest BCUT2D eigenvalue weighted by molar-refractivity contribution is 7.12. The summed E-state index contributed by atoms with van der Waals surface area (Å²) in [6.07, 6.45) is 1.11. The molecule has 1 N–H and O–H groups in total. The minimum atomic E-state index is 0.426. The van der Waals surface area contributed by atoms with Crippen LogP contribution in [0.4, 0.5) is 0 Å². The molecule has 2 aromatic rings. The van der Waals surface area contributed by atoms with Gasteiger partial charge < -0.3 is 5.32 Å². The van der Waals surface area contributed by atoms with Gasteiger partial charge in [-0.15, -0.1) is 11.3 Å². The molecule has 0 aliphatic heterocycles. The minimum Gasteiger partial charge on any atom is -0.305 e. The molecule has 0 aliphatic carbocycles. The van der Waals surface area contributed by atoms with Gasteiger partial charge in [0.2, 0.25) is 0 Å². The number of hydrogen-bond donors (Lipinski definition) is 1. The molecular weight excluding hydrogens is 238 g/mol. The van der Waals surface area contributed by atoms with E-state index in [1.54, 1.807) is 0 Å². The lowest BCUT2D eigenvalue weighted by Crippen LogP contribution is -2.17. The fraction of sp³-hybridized carbons (Fsp3) is 0.375. The lowest BCUT2D eigenvalue weighted by molar-refractivity contribution is 0.583. The van der Waals surface area contributed by atoms with Crippen molar-refractivity contribution in [1.82, 2.24) is 5.32 Å². The molecule has 1 unspecified atom stereocenters. The molecule has 2 heteroatoms. The second-order valence-electron chi connectivity index (χ2n) is 4.72. The maximum Gasteiger partial charge on any atom is 0.0388 e. The lowest BCUT2D eigenvalue weighted by Gasteiger charge is -2.12. The summed E-state index contributed by atoms with van der Waals surface area (Å²) in [5.41, 5.74) is 2.76. The highest BCUT2D eigenvalue weighted by Gasteiger charge is 2.06. The van der Waals surface area contributed by atoms with Gasteiger partial charge in [0.25, 0.3) is 0 Å². The molecule has 0 fully saturated rings. The first-order valence-electron chi connectivity index (χ1n) is 6.56. The highest BCUT2D eigenvalue weighted by Crippen LogP contribution is 2.22. The Bertz CT molecular complexity index is 484. The predicted octanol–water partition coefficient (Wildman–Crippen LogP) is 4.47. The van der Waals surface area contributed by atoms with Crippen LogP contribution in [0.1, 0.15) is 40.8 Å². The van der Waals surface area contributed by atoms with Crippen LogP contribution < -0.4 is 5.32 Å². The Balaban J connectivity index is 1.90. The van der Waals surface area contributed by atoms with Gasteiger partial charge in [0.05, 0.1) is 0 Å². The van der Waals surface area contributed by atoms with Crippen molar-refractivity contribution in [3.8, 4) is 0 Å². The summed E-state index contributed by atoms with van der Waals surface area (Å²) >= 11 is 1.87. The van der Waals surface area contributed by atoms with Crippen LogP contribution in [0.25, 0.3) is 0 Å². The van der Waals surface area contributed by atoms with E-state index >= 15 is 0 Å². The SMILES string of the molecule is CCc1ccc(CNC(C)c2ccc(C)s2)cc1. The van der Waals surface area contributed by atoms with Gasteiger partial charge >= 0.3 is 0 Å². The summed E-state index contributed by atoms with van der Waals surface area (Å²) in [6, 6.07) is 13.7. The van der Waals surface area contributed by atoms with Crippen LogP contribution in [-0.2, 0) is 13.0 Å². The van der Waals surface area contributed by atoms with Crippen molar-refractivity contribution in [3.05, 3.63) is 57.3 Å². The lowest BCUT2D eigenvalue weighted by atomic mass is 10.1. The quantitative estimate of drug-likeness (QED) is 0.835. The number of benzene rings is 1. The zero-order chi connectivity index (χ0) is 13.0. The molecule has 0 saturated carbocycles. The van der Waals surface area contributed by atoms with E-state index in [-0.39, 0.29) is 0 Å². The first-order valence-corrected chi connectivity index (χ1v) is 7.38. The van der Waals surface area contributed by atoms with Crippen LogP contribution in [0.15, 0.2) is 36.4 Å². The Labute approximate surface area is 114 Å². The monoisotopic (exact) mass is 259 g/mol. The average molecular weight is 259 g/mol. The van der Waals surface area contributed by atoms with Crippen LogP contribution in [0, 0.1) is 6.92 Å². The zero-order valence-corrected chi connectivity index (χ0v) is 12.2. The summed E-state index contributed by atoms with van der Waals surface area (Å²) < 4.78 is 0. The molecule has 1 atom stereocenters. The molecule has 18 heavy (non-hydrogen) atoms. The van der Waals surface area contributed by atoms with Crippen molar-refractivity contribution >= 4 is 11.3 Å². The Morgan fingerprint density at radius 1 is 1.06 bits per heavy atom. The molecule has 1 aromatic heterocycles. The van der Waals surface area contributed by atoms with Crippen molar-refractivity contribution in [1.29, 1.82) is 0 Å². The molecule has 0 bridgehead atoms. The fourth-order valence-corrected chi connectivity index (χ4v) is 2.85. The third-order valence-corrected chi connectivity index (χ3v) is 4.41. The van der Waals surface area contributed by atoms with Gasteiger partial charge in [-0.25, -0.2) is 0 Å². The Morgan fingerprint density at radius 2 is 1.72 bits per heavy atom. The largest absolute Gasteiger partial charge is 0.305 e. The summed E-state index contributed by atoms with van der Waals surface area (Å²) in [7, 11) is 0. The van der Waals surface area contributed by atoms with E-state index in [9.17, 15) is 0 Å². The highest BCUT2D eigenvalue weighted by atomic mass is 32.1. The van der Waals surface area contributed by atoms with Crippen LogP contribution >= 0.6 is 11.3 Å². The maximum absolute atomic E-state index is 3.58. The van der Waals surface area contributed by atoms with Crippen molar-refractivity contribution in [2.45, 2.75) is 39.8 Å². The molecule has 1 heterocycles. The second-order valence-corrected chi connectivity index (χ2v) is 6.04. The van der Waals surface area contributed by atoms with E-state index in [1.807, 2.05) is 11.3 Å². The summed E-state index contributed by atoms with van der Waals surface area (Å²) in [4.78, 5) is 2.80. The van der Waals surface area contributed by atoms with Gasteiger partial charge in [0.1, 0.15) is 0 Å². The van der Waals surface area contributed by atoms with Crippen LogP contribution in [-0.4, -0.2) is 0 Å². The molecule has 2 rings (SSSR count). The molecule has 1 nitrogen and oxygen atoms in total. The number of nitrogens with one attached hydrogen (secondary N) is 1. The number of hydrogen-bond acceptors (Lipinski definition) is 2. The molecule has 0 spiro atoms. The topological polar surface area (TPSA) is 12.0 Å². The minimum absolute atomic E-state index is 0.426. The van der Waals surface area contributed by atoms with Gasteiger partial charge in [-0.3, -0.25) is 0 Å². The Morgan fingerprint density at radius 3 is 2.28 bits per heavy atom. The first-order chi connectivity index (χ1) is 8.69. The van der Waals surface area contributed by atoms with E-state index < -0.39 is 0 Å². The number of thiophene rings is 1. The molecule has 1 aromatic carbocycles. The second kappa shape index (κ2) is 6.17. The third kappa shape index (κ3) is 3.44. The van der Waals surface area contributed by atoms with E-state index in [1.165, 1.54) is 20.9 Å². The van der Waals surface area contributed by atoms with Crippen LogP contribution in [0.3, 0.4) is 0 Å². The van der Waals surface area contributed by atoms with Gasteiger partial charge in [-0.1, -0.05) is 31.2 Å². The van der Waals surface area contributed by atoms with Gasteiger partial charge in [-0.05, 0) is 43.5 Å². The predicted molar refractivity (Wildman–Crippen MR) is 80.1 cm³/mol. The summed E-state index contributed by atoms with van der Waals surface area (Å²) in [5, 5.41) is 3.58. The third-order valence-electron chi connectivity index (χ3n) is 3.23. The zero-order valence-electron chi connectivity index (χ0n) is 11.4. The van der Waals surface area contributed by atoms with Crippen molar-refractivity contribution in [2.24, 2.45) is 0 Å². The Hall–Kier alpha value is -1.12.